The van der Waals surface area contributed by atoms with Gasteiger partial charge in [0, 0.05) is 6.42 Å². The molecular formula is C19H20O2. The summed E-state index contributed by atoms with van der Waals surface area (Å²) in [4.78, 5) is 12.0. The van der Waals surface area contributed by atoms with Gasteiger partial charge in [-0.15, -0.1) is 0 Å². The van der Waals surface area contributed by atoms with Gasteiger partial charge < -0.3 is 4.74 Å². The summed E-state index contributed by atoms with van der Waals surface area (Å²) in [6, 6.07) is 16.0. The van der Waals surface area contributed by atoms with E-state index in [0.717, 1.165) is 19.3 Å². The molecule has 0 aromatic heterocycles. The van der Waals surface area contributed by atoms with Crippen molar-refractivity contribution in [2.24, 2.45) is 0 Å². The predicted molar refractivity (Wildman–Crippen MR) is 83.8 cm³/mol. The summed E-state index contributed by atoms with van der Waals surface area (Å²) in [6.45, 7) is 1.88. The molecule has 0 N–H and O–H groups in total. The average Bonchev–Trinajstić information content (AvgIpc) is 2.55. The van der Waals surface area contributed by atoms with Gasteiger partial charge in [0.1, 0.15) is 11.9 Å². The van der Waals surface area contributed by atoms with Crippen molar-refractivity contribution in [1.29, 1.82) is 0 Å². The number of benzene rings is 2. The lowest BCUT2D eigenvalue weighted by molar-refractivity contribution is 0.0979. The van der Waals surface area contributed by atoms with E-state index in [1.165, 1.54) is 11.1 Å². The number of para-hydroxylation sites is 1. The number of hydrogen-bond acceptors (Lipinski definition) is 2. The standard InChI is InChI=1S/C19H20O2/c1-2-17(20)16-11-5-6-12-19(16)21-18-13-7-9-14-8-3-4-10-15(14)18/h3-6,8,10-12,18H,2,7,9,13H2,1H3. The maximum absolute atomic E-state index is 12.0. The highest BCUT2D eigenvalue weighted by atomic mass is 16.5. The molecule has 1 aliphatic carbocycles. The third kappa shape index (κ3) is 2.85. The van der Waals surface area contributed by atoms with Crippen LogP contribution in [-0.4, -0.2) is 5.78 Å². The van der Waals surface area contributed by atoms with Crippen molar-refractivity contribution < 1.29 is 9.53 Å². The number of Topliss-reactive ketones (excluding diaryl/α,β-unsaturated/α-hetero) is 1. The van der Waals surface area contributed by atoms with E-state index in [0.29, 0.717) is 17.7 Å². The van der Waals surface area contributed by atoms with Crippen molar-refractivity contribution in [3.8, 4) is 5.75 Å². The van der Waals surface area contributed by atoms with Gasteiger partial charge in [-0.25, -0.2) is 0 Å². The molecule has 3 rings (SSSR count). The summed E-state index contributed by atoms with van der Waals surface area (Å²) in [5.41, 5.74) is 3.33. The highest BCUT2D eigenvalue weighted by molar-refractivity contribution is 5.98. The molecular weight excluding hydrogens is 260 g/mol. The molecule has 0 saturated carbocycles. The van der Waals surface area contributed by atoms with Gasteiger partial charge in [-0.2, -0.15) is 0 Å². The first-order chi connectivity index (χ1) is 10.3. The summed E-state index contributed by atoms with van der Waals surface area (Å²) in [5.74, 6) is 0.848. The van der Waals surface area contributed by atoms with Crippen LogP contribution in [0, 0.1) is 0 Å². The topological polar surface area (TPSA) is 26.3 Å². The highest BCUT2D eigenvalue weighted by Crippen LogP contribution is 2.34. The van der Waals surface area contributed by atoms with Crippen molar-refractivity contribution >= 4 is 5.78 Å². The van der Waals surface area contributed by atoms with E-state index in [-0.39, 0.29) is 11.9 Å². The zero-order chi connectivity index (χ0) is 14.7. The van der Waals surface area contributed by atoms with E-state index in [1.807, 2.05) is 31.2 Å². The smallest absolute Gasteiger partial charge is 0.166 e. The quantitative estimate of drug-likeness (QED) is 0.756. The molecule has 21 heavy (non-hydrogen) atoms. The number of hydrogen-bond donors (Lipinski definition) is 0. The Morgan fingerprint density at radius 3 is 2.76 bits per heavy atom. The molecule has 0 heterocycles. The summed E-state index contributed by atoms with van der Waals surface area (Å²) in [7, 11) is 0. The van der Waals surface area contributed by atoms with Crippen LogP contribution >= 0.6 is 0 Å². The normalized spacial score (nSPS) is 17.1. The SMILES string of the molecule is CCC(=O)c1ccccc1OC1CCCc2ccccc21. The predicted octanol–water partition coefficient (Wildman–Crippen LogP) is 4.74. The van der Waals surface area contributed by atoms with Crippen LogP contribution in [0.3, 0.4) is 0 Å². The Morgan fingerprint density at radius 1 is 1.14 bits per heavy atom. The second-order valence-corrected chi connectivity index (χ2v) is 5.47. The van der Waals surface area contributed by atoms with Crippen molar-refractivity contribution in [3.63, 3.8) is 0 Å². The van der Waals surface area contributed by atoms with Gasteiger partial charge in [0.05, 0.1) is 5.56 Å². The summed E-state index contributed by atoms with van der Waals surface area (Å²) in [6.07, 6.45) is 3.81. The highest BCUT2D eigenvalue weighted by Gasteiger charge is 2.22. The van der Waals surface area contributed by atoms with E-state index in [4.69, 9.17) is 4.74 Å². The fraction of sp³-hybridized carbons (Fsp3) is 0.316. The van der Waals surface area contributed by atoms with Gasteiger partial charge >= 0.3 is 0 Å². The minimum absolute atomic E-state index is 0.0563. The van der Waals surface area contributed by atoms with Crippen LogP contribution in [0.25, 0.3) is 0 Å². The number of ether oxygens (including phenoxy) is 1. The molecule has 2 heteroatoms. The van der Waals surface area contributed by atoms with E-state index in [2.05, 4.69) is 24.3 Å². The maximum atomic E-state index is 12.0. The summed E-state index contributed by atoms with van der Waals surface area (Å²) < 4.78 is 6.22. The van der Waals surface area contributed by atoms with Crippen LogP contribution in [-0.2, 0) is 6.42 Å². The molecule has 108 valence electrons. The second kappa shape index (κ2) is 6.13. The van der Waals surface area contributed by atoms with E-state index in [9.17, 15) is 4.79 Å². The van der Waals surface area contributed by atoms with Crippen molar-refractivity contribution in [3.05, 3.63) is 65.2 Å². The van der Waals surface area contributed by atoms with Crippen LogP contribution in [0.1, 0.15) is 53.8 Å². The molecule has 2 nitrogen and oxygen atoms in total. The number of aryl methyl sites for hydroxylation is 1. The Bertz CT molecular complexity index is 646. The molecule has 2 aromatic carbocycles. The van der Waals surface area contributed by atoms with Crippen LogP contribution < -0.4 is 4.74 Å². The lowest BCUT2D eigenvalue weighted by atomic mass is 9.89. The molecule has 1 aliphatic rings. The first-order valence-corrected chi connectivity index (χ1v) is 7.66. The van der Waals surface area contributed by atoms with Crippen LogP contribution in [0.4, 0.5) is 0 Å². The number of fused-ring (bicyclic) bond motifs is 1. The number of carbonyl (C=O) groups excluding carboxylic acids is 1. The Kier molecular flexibility index (Phi) is 4.05. The molecule has 0 radical (unpaired) electrons. The minimum atomic E-state index is 0.0563. The van der Waals surface area contributed by atoms with Crippen molar-refractivity contribution in [2.75, 3.05) is 0 Å². The summed E-state index contributed by atoms with van der Waals surface area (Å²) >= 11 is 0. The van der Waals surface area contributed by atoms with E-state index < -0.39 is 0 Å². The minimum Gasteiger partial charge on any atom is -0.485 e. The fourth-order valence-corrected chi connectivity index (χ4v) is 2.98. The molecule has 0 amide bonds. The van der Waals surface area contributed by atoms with Crippen molar-refractivity contribution in [1.82, 2.24) is 0 Å². The first kappa shape index (κ1) is 13.9. The van der Waals surface area contributed by atoms with Crippen molar-refractivity contribution in [2.45, 2.75) is 38.7 Å². The van der Waals surface area contributed by atoms with Gasteiger partial charge in [-0.3, -0.25) is 4.79 Å². The monoisotopic (exact) mass is 280 g/mol. The number of ketones is 1. The molecule has 0 saturated heterocycles. The Hall–Kier alpha value is -2.09. The Balaban J connectivity index is 1.90. The molecule has 1 unspecified atom stereocenters. The van der Waals surface area contributed by atoms with E-state index >= 15 is 0 Å². The molecule has 2 aromatic rings. The molecule has 0 fully saturated rings. The number of carbonyl (C=O) groups is 1. The first-order valence-electron chi connectivity index (χ1n) is 7.66. The average molecular weight is 280 g/mol. The Labute approximate surface area is 125 Å². The summed E-state index contributed by atoms with van der Waals surface area (Å²) in [5, 5.41) is 0. The largest absolute Gasteiger partial charge is 0.485 e. The maximum Gasteiger partial charge on any atom is 0.166 e. The molecule has 0 aliphatic heterocycles. The van der Waals surface area contributed by atoms with Gasteiger partial charge in [0.15, 0.2) is 5.78 Å². The van der Waals surface area contributed by atoms with Crippen LogP contribution in [0.5, 0.6) is 5.75 Å². The number of rotatable bonds is 4. The van der Waals surface area contributed by atoms with Gasteiger partial charge in [-0.05, 0) is 42.5 Å². The van der Waals surface area contributed by atoms with Gasteiger partial charge in [0.25, 0.3) is 0 Å². The zero-order valence-electron chi connectivity index (χ0n) is 12.3. The molecule has 1 atom stereocenters. The molecule has 0 bridgehead atoms. The lowest BCUT2D eigenvalue weighted by Gasteiger charge is -2.27. The lowest BCUT2D eigenvalue weighted by Crippen LogP contribution is -2.16. The van der Waals surface area contributed by atoms with Gasteiger partial charge in [-0.1, -0.05) is 43.3 Å². The molecule has 0 spiro atoms. The second-order valence-electron chi connectivity index (χ2n) is 5.47. The third-order valence-electron chi connectivity index (χ3n) is 4.09. The van der Waals surface area contributed by atoms with Crippen LogP contribution in [0.15, 0.2) is 48.5 Å². The fourth-order valence-electron chi connectivity index (χ4n) is 2.98. The third-order valence-corrected chi connectivity index (χ3v) is 4.09. The van der Waals surface area contributed by atoms with E-state index in [1.54, 1.807) is 0 Å². The van der Waals surface area contributed by atoms with Crippen LogP contribution in [0.2, 0.25) is 0 Å². The Morgan fingerprint density at radius 2 is 1.90 bits per heavy atom. The van der Waals surface area contributed by atoms with Gasteiger partial charge in [0.2, 0.25) is 0 Å². The zero-order valence-corrected chi connectivity index (χ0v) is 12.3.